The zero-order valence-corrected chi connectivity index (χ0v) is 8.70. The number of rotatable bonds is 3. The van der Waals surface area contributed by atoms with Crippen LogP contribution in [-0.2, 0) is 5.41 Å². The van der Waals surface area contributed by atoms with Gasteiger partial charge in [-0.3, -0.25) is 0 Å². The minimum Gasteiger partial charge on any atom is -0.506 e. The highest BCUT2D eigenvalue weighted by atomic mass is 19.1. The fourth-order valence-corrected chi connectivity index (χ4v) is 2.37. The first kappa shape index (κ1) is 9.58. The molecule has 82 valence electrons. The van der Waals surface area contributed by atoms with Crippen molar-refractivity contribution in [1.82, 2.24) is 0 Å². The predicted molar refractivity (Wildman–Crippen MR) is 60.2 cm³/mol. The highest BCUT2D eigenvalue weighted by Crippen LogP contribution is 2.75. The minimum atomic E-state index is -0.147. The van der Waals surface area contributed by atoms with E-state index in [9.17, 15) is 9.50 Å². The number of nitrogens with one attached hydrogen (secondary N) is 1. The van der Waals surface area contributed by atoms with Crippen LogP contribution in [-0.4, -0.2) is 11.3 Å². The molecule has 0 unspecified atom stereocenters. The summed E-state index contributed by atoms with van der Waals surface area (Å²) in [5, 5.41) is 16.1. The van der Waals surface area contributed by atoms with Crippen LogP contribution in [0, 0.1) is 17.1 Å². The molecule has 0 heterocycles. The van der Waals surface area contributed by atoms with Gasteiger partial charge in [0.2, 0.25) is 0 Å². The Morgan fingerprint density at radius 3 is 2.75 bits per heavy atom. The molecular weight excluding hydrogens is 205 g/mol. The fraction of sp³-hybridized carbons (Fsp3) is 0.308. The van der Waals surface area contributed by atoms with Gasteiger partial charge in [0, 0.05) is 5.41 Å². The second kappa shape index (κ2) is 2.94. The second-order valence-electron chi connectivity index (χ2n) is 4.71. The number of halogens is 1. The number of hydrogen-bond donors (Lipinski definition) is 2. The van der Waals surface area contributed by atoms with Crippen LogP contribution in [0.1, 0.15) is 24.0 Å². The van der Waals surface area contributed by atoms with Crippen LogP contribution in [0.3, 0.4) is 0 Å². The van der Waals surface area contributed by atoms with Crippen LogP contribution < -0.4 is 0 Å². The zero-order valence-electron chi connectivity index (χ0n) is 8.70. The molecule has 1 aromatic rings. The van der Waals surface area contributed by atoms with E-state index in [4.69, 9.17) is 5.41 Å². The van der Waals surface area contributed by atoms with Gasteiger partial charge in [-0.2, -0.15) is 0 Å². The van der Waals surface area contributed by atoms with Gasteiger partial charge >= 0.3 is 0 Å². The zero-order chi connectivity index (χ0) is 11.3. The standard InChI is InChI=1S/C13H12FNO/c14-12-2-1-8(3-10(16)7-15)4-11(12)13-5-9(13)6-13/h1-4,7,9,15-16H,5-6H2/b10-3+,15-7?. The van der Waals surface area contributed by atoms with E-state index in [1.165, 1.54) is 12.1 Å². The average Bonchev–Trinajstić information content (AvgIpc) is 3.09. The third-order valence-corrected chi connectivity index (χ3v) is 3.67. The highest BCUT2D eigenvalue weighted by Gasteiger charge is 2.71. The number of aliphatic hydroxyl groups is 1. The van der Waals surface area contributed by atoms with E-state index in [0.29, 0.717) is 5.92 Å². The Bertz CT molecular complexity index is 501. The lowest BCUT2D eigenvalue weighted by molar-refractivity contribution is 0.451. The summed E-state index contributed by atoms with van der Waals surface area (Å²) in [4.78, 5) is 0. The van der Waals surface area contributed by atoms with Gasteiger partial charge in [0.25, 0.3) is 0 Å². The van der Waals surface area contributed by atoms with E-state index >= 15 is 0 Å². The third kappa shape index (κ3) is 1.28. The van der Waals surface area contributed by atoms with Crippen molar-refractivity contribution in [3.63, 3.8) is 0 Å². The monoisotopic (exact) mass is 217 g/mol. The van der Waals surface area contributed by atoms with E-state index in [-0.39, 0.29) is 17.0 Å². The van der Waals surface area contributed by atoms with Crippen molar-refractivity contribution < 1.29 is 9.50 Å². The molecular formula is C13H12FNO. The molecule has 2 N–H and O–H groups in total. The maximum Gasteiger partial charge on any atom is 0.133 e. The quantitative estimate of drug-likeness (QED) is 0.593. The van der Waals surface area contributed by atoms with Crippen LogP contribution in [0.25, 0.3) is 6.08 Å². The summed E-state index contributed by atoms with van der Waals surface area (Å²) in [5.41, 5.74) is 1.67. The molecule has 3 rings (SSSR count). The maximum absolute atomic E-state index is 13.6. The molecule has 0 atom stereocenters. The fourth-order valence-electron chi connectivity index (χ4n) is 2.37. The van der Waals surface area contributed by atoms with Crippen LogP contribution in [0.5, 0.6) is 0 Å². The Hall–Kier alpha value is -1.64. The van der Waals surface area contributed by atoms with Gasteiger partial charge in [-0.15, -0.1) is 0 Å². The molecule has 0 radical (unpaired) electrons. The molecule has 0 saturated heterocycles. The summed E-state index contributed by atoms with van der Waals surface area (Å²) in [6.07, 6.45) is 4.56. The molecule has 2 fully saturated rings. The van der Waals surface area contributed by atoms with Crippen molar-refractivity contribution in [1.29, 1.82) is 5.41 Å². The Labute approximate surface area is 92.9 Å². The van der Waals surface area contributed by atoms with Crippen LogP contribution in [0.4, 0.5) is 4.39 Å². The Kier molecular flexibility index (Phi) is 1.76. The van der Waals surface area contributed by atoms with Gasteiger partial charge in [-0.25, -0.2) is 4.39 Å². The van der Waals surface area contributed by atoms with Crippen molar-refractivity contribution in [2.45, 2.75) is 18.3 Å². The summed E-state index contributed by atoms with van der Waals surface area (Å²) in [5.74, 6) is 0.433. The van der Waals surface area contributed by atoms with Crippen LogP contribution in [0.15, 0.2) is 24.0 Å². The van der Waals surface area contributed by atoms with Crippen molar-refractivity contribution in [3.05, 3.63) is 40.9 Å². The van der Waals surface area contributed by atoms with E-state index < -0.39 is 0 Å². The number of aliphatic hydroxyl groups excluding tert-OH is 1. The lowest BCUT2D eigenvalue weighted by atomic mass is 10.00. The number of fused-ring (bicyclic) bond motifs is 1. The van der Waals surface area contributed by atoms with Gasteiger partial charge < -0.3 is 10.5 Å². The summed E-state index contributed by atoms with van der Waals surface area (Å²) in [6.45, 7) is 0. The lowest BCUT2D eigenvalue weighted by Gasteiger charge is -2.07. The summed E-state index contributed by atoms with van der Waals surface area (Å²) in [7, 11) is 0. The van der Waals surface area contributed by atoms with Crippen molar-refractivity contribution >= 4 is 12.3 Å². The van der Waals surface area contributed by atoms with Crippen molar-refractivity contribution in [2.24, 2.45) is 5.92 Å². The molecule has 3 heteroatoms. The molecule has 2 aliphatic carbocycles. The number of allylic oxidation sites excluding steroid dienone is 1. The number of benzene rings is 1. The lowest BCUT2D eigenvalue weighted by Crippen LogP contribution is -1.98. The van der Waals surface area contributed by atoms with Gasteiger partial charge in [0.05, 0.1) is 6.21 Å². The summed E-state index contributed by atoms with van der Waals surface area (Å²) < 4.78 is 13.6. The molecule has 2 saturated carbocycles. The smallest absolute Gasteiger partial charge is 0.133 e. The Morgan fingerprint density at radius 1 is 1.50 bits per heavy atom. The molecule has 0 bridgehead atoms. The summed E-state index contributed by atoms with van der Waals surface area (Å²) in [6, 6.07) is 4.86. The van der Waals surface area contributed by atoms with Crippen LogP contribution in [0.2, 0.25) is 0 Å². The molecule has 2 nitrogen and oxygen atoms in total. The first-order valence-electron chi connectivity index (χ1n) is 5.37. The van der Waals surface area contributed by atoms with Crippen LogP contribution >= 0.6 is 0 Å². The van der Waals surface area contributed by atoms with Crippen molar-refractivity contribution in [3.8, 4) is 0 Å². The SMILES string of the molecule is N=C/C(O)=C\c1ccc(F)c(C23CC2C3)c1. The van der Waals surface area contributed by atoms with Gasteiger partial charge in [-0.05, 0) is 48.1 Å². The molecule has 2 aliphatic rings. The average molecular weight is 217 g/mol. The van der Waals surface area contributed by atoms with Gasteiger partial charge in [-0.1, -0.05) is 6.07 Å². The first-order chi connectivity index (χ1) is 7.65. The molecule has 1 aromatic carbocycles. The van der Waals surface area contributed by atoms with E-state index in [1.54, 1.807) is 12.1 Å². The molecule has 0 spiro atoms. The van der Waals surface area contributed by atoms with Crippen molar-refractivity contribution in [2.75, 3.05) is 0 Å². The molecule has 0 amide bonds. The van der Waals surface area contributed by atoms with Gasteiger partial charge in [0.15, 0.2) is 0 Å². The third-order valence-electron chi connectivity index (χ3n) is 3.67. The number of hydrogen-bond acceptors (Lipinski definition) is 2. The van der Waals surface area contributed by atoms with E-state index in [1.807, 2.05) is 0 Å². The Morgan fingerprint density at radius 2 is 2.19 bits per heavy atom. The predicted octanol–water partition coefficient (Wildman–Crippen LogP) is 3.04. The van der Waals surface area contributed by atoms with Gasteiger partial charge in [0.1, 0.15) is 11.6 Å². The topological polar surface area (TPSA) is 44.1 Å². The molecule has 16 heavy (non-hydrogen) atoms. The van der Waals surface area contributed by atoms with E-state index in [2.05, 4.69) is 0 Å². The maximum atomic E-state index is 13.6. The summed E-state index contributed by atoms with van der Waals surface area (Å²) >= 11 is 0. The van der Waals surface area contributed by atoms with E-state index in [0.717, 1.165) is 30.2 Å². The second-order valence-corrected chi connectivity index (χ2v) is 4.71. The normalized spacial score (nSPS) is 30.8. The Balaban J connectivity index is 1.99. The molecule has 0 aromatic heterocycles. The largest absolute Gasteiger partial charge is 0.506 e. The molecule has 0 aliphatic heterocycles. The first-order valence-corrected chi connectivity index (χ1v) is 5.37. The minimum absolute atomic E-state index is 0.113. The highest BCUT2D eigenvalue weighted by molar-refractivity contribution is 5.80.